The summed E-state index contributed by atoms with van der Waals surface area (Å²) in [4.78, 5) is 7.06. The third-order valence-electron chi connectivity index (χ3n) is 2.00. The number of hydrogen-bond donors (Lipinski definition) is 2. The molecule has 3 N–H and O–H groups in total. The highest BCUT2D eigenvalue weighted by Crippen LogP contribution is 2.22. The van der Waals surface area contributed by atoms with E-state index in [2.05, 4.69) is 9.97 Å². The highest BCUT2D eigenvalue weighted by molar-refractivity contribution is 5.77. The van der Waals surface area contributed by atoms with Crippen molar-refractivity contribution < 1.29 is 9.13 Å². The number of aromatic nitrogens is 2. The third kappa shape index (κ3) is 1.31. The van der Waals surface area contributed by atoms with Gasteiger partial charge in [-0.2, -0.15) is 0 Å². The van der Waals surface area contributed by atoms with E-state index in [0.717, 1.165) is 0 Å². The van der Waals surface area contributed by atoms with Gasteiger partial charge in [-0.15, -0.1) is 0 Å². The van der Waals surface area contributed by atoms with E-state index in [-0.39, 0.29) is 5.75 Å². The standard InChI is InChI=1S/C9H10FN3O/c1-14-8-3-7-6(2-5(8)10)12-9(4-11)13-7/h2-3H,4,11H2,1H3,(H,12,13). The van der Waals surface area contributed by atoms with Crippen molar-refractivity contribution in [2.45, 2.75) is 6.54 Å². The van der Waals surface area contributed by atoms with Gasteiger partial charge in [0.1, 0.15) is 5.82 Å². The molecule has 0 bridgehead atoms. The Morgan fingerprint density at radius 2 is 2.36 bits per heavy atom. The van der Waals surface area contributed by atoms with Crippen molar-refractivity contribution in [1.29, 1.82) is 0 Å². The lowest BCUT2D eigenvalue weighted by molar-refractivity contribution is 0.387. The summed E-state index contributed by atoms with van der Waals surface area (Å²) in [6.07, 6.45) is 0. The second-order valence-corrected chi connectivity index (χ2v) is 2.89. The Morgan fingerprint density at radius 3 is 3.00 bits per heavy atom. The molecule has 4 nitrogen and oxygen atoms in total. The molecule has 1 aromatic carbocycles. The van der Waals surface area contributed by atoms with Crippen molar-refractivity contribution in [3.8, 4) is 5.75 Å². The molecule has 0 aliphatic rings. The van der Waals surface area contributed by atoms with Gasteiger partial charge in [-0.1, -0.05) is 0 Å². The molecule has 0 spiro atoms. The molecule has 1 heterocycles. The lowest BCUT2D eigenvalue weighted by atomic mass is 10.3. The van der Waals surface area contributed by atoms with Crippen LogP contribution in [0.2, 0.25) is 0 Å². The highest BCUT2D eigenvalue weighted by atomic mass is 19.1. The summed E-state index contributed by atoms with van der Waals surface area (Å²) in [5, 5.41) is 0. The molecule has 74 valence electrons. The number of nitrogens with two attached hydrogens (primary N) is 1. The number of imidazole rings is 1. The minimum atomic E-state index is -0.410. The average molecular weight is 195 g/mol. The zero-order chi connectivity index (χ0) is 10.1. The maximum atomic E-state index is 13.2. The Kier molecular flexibility index (Phi) is 2.09. The first-order valence-corrected chi connectivity index (χ1v) is 4.17. The molecule has 0 fully saturated rings. The number of halogens is 1. The summed E-state index contributed by atoms with van der Waals surface area (Å²) >= 11 is 0. The maximum Gasteiger partial charge on any atom is 0.167 e. The highest BCUT2D eigenvalue weighted by Gasteiger charge is 2.08. The van der Waals surface area contributed by atoms with Gasteiger partial charge in [-0.25, -0.2) is 9.37 Å². The Labute approximate surface area is 79.9 Å². The van der Waals surface area contributed by atoms with E-state index in [1.165, 1.54) is 13.2 Å². The molecule has 0 aliphatic heterocycles. The van der Waals surface area contributed by atoms with Crippen LogP contribution in [0.15, 0.2) is 12.1 Å². The lowest BCUT2D eigenvalue weighted by Gasteiger charge is -1.99. The van der Waals surface area contributed by atoms with Crippen LogP contribution >= 0.6 is 0 Å². The number of fused-ring (bicyclic) bond motifs is 1. The normalized spacial score (nSPS) is 10.8. The van der Waals surface area contributed by atoms with Crippen LogP contribution in [0.4, 0.5) is 4.39 Å². The van der Waals surface area contributed by atoms with Crippen molar-refractivity contribution >= 4 is 11.0 Å². The number of nitrogens with zero attached hydrogens (tertiary/aromatic N) is 1. The van der Waals surface area contributed by atoms with Crippen molar-refractivity contribution in [3.05, 3.63) is 23.8 Å². The second kappa shape index (κ2) is 3.26. The first kappa shape index (κ1) is 8.96. The first-order valence-electron chi connectivity index (χ1n) is 4.17. The molecular weight excluding hydrogens is 185 g/mol. The Bertz CT molecular complexity index is 466. The third-order valence-corrected chi connectivity index (χ3v) is 2.00. The van der Waals surface area contributed by atoms with Gasteiger partial charge >= 0.3 is 0 Å². The van der Waals surface area contributed by atoms with Crippen molar-refractivity contribution in [2.75, 3.05) is 7.11 Å². The van der Waals surface area contributed by atoms with Gasteiger partial charge < -0.3 is 15.5 Å². The molecule has 0 saturated carbocycles. The van der Waals surface area contributed by atoms with Crippen LogP contribution in [0.25, 0.3) is 11.0 Å². The second-order valence-electron chi connectivity index (χ2n) is 2.89. The molecule has 14 heavy (non-hydrogen) atoms. The van der Waals surface area contributed by atoms with Crippen LogP contribution in [0.3, 0.4) is 0 Å². The molecule has 1 aromatic heterocycles. The van der Waals surface area contributed by atoms with Gasteiger partial charge in [-0.3, -0.25) is 0 Å². The Hall–Kier alpha value is -1.62. The Morgan fingerprint density at radius 1 is 1.57 bits per heavy atom. The smallest absolute Gasteiger partial charge is 0.167 e. The number of methoxy groups -OCH3 is 1. The zero-order valence-electron chi connectivity index (χ0n) is 7.67. The number of benzene rings is 1. The van der Waals surface area contributed by atoms with Gasteiger partial charge in [0.25, 0.3) is 0 Å². The molecule has 0 aliphatic carbocycles. The van der Waals surface area contributed by atoms with Crippen LogP contribution in [0, 0.1) is 5.82 Å². The molecule has 0 atom stereocenters. The number of aromatic amines is 1. The Balaban J connectivity index is 2.64. The molecule has 0 saturated heterocycles. The van der Waals surface area contributed by atoms with Crippen LogP contribution in [-0.4, -0.2) is 17.1 Å². The van der Waals surface area contributed by atoms with Gasteiger partial charge in [0.2, 0.25) is 0 Å². The van der Waals surface area contributed by atoms with Crippen LogP contribution in [0.5, 0.6) is 5.75 Å². The zero-order valence-corrected chi connectivity index (χ0v) is 7.67. The van der Waals surface area contributed by atoms with E-state index < -0.39 is 5.82 Å². The topological polar surface area (TPSA) is 63.9 Å². The number of hydrogen-bond acceptors (Lipinski definition) is 3. The van der Waals surface area contributed by atoms with E-state index in [9.17, 15) is 4.39 Å². The summed E-state index contributed by atoms with van der Waals surface area (Å²) in [7, 11) is 1.42. The number of rotatable bonds is 2. The minimum absolute atomic E-state index is 0.188. The SMILES string of the molecule is COc1cc2nc(CN)[nH]c2cc1F. The van der Waals surface area contributed by atoms with Gasteiger partial charge in [-0.05, 0) is 0 Å². The predicted octanol–water partition coefficient (Wildman–Crippen LogP) is 1.17. The van der Waals surface area contributed by atoms with Crippen molar-refractivity contribution in [1.82, 2.24) is 9.97 Å². The van der Waals surface area contributed by atoms with E-state index >= 15 is 0 Å². The summed E-state index contributed by atoms with van der Waals surface area (Å²) in [6, 6.07) is 2.89. The largest absolute Gasteiger partial charge is 0.494 e. The fraction of sp³-hybridized carbons (Fsp3) is 0.222. The van der Waals surface area contributed by atoms with Crippen molar-refractivity contribution in [2.24, 2.45) is 5.73 Å². The molecule has 0 amide bonds. The lowest BCUT2D eigenvalue weighted by Crippen LogP contribution is -1.97. The van der Waals surface area contributed by atoms with Crippen LogP contribution in [0.1, 0.15) is 5.82 Å². The first-order chi connectivity index (χ1) is 6.74. The molecule has 5 heteroatoms. The number of H-pyrrole nitrogens is 1. The fourth-order valence-corrected chi connectivity index (χ4v) is 1.32. The summed E-state index contributed by atoms with van der Waals surface area (Å²) < 4.78 is 18.1. The number of ether oxygens (including phenoxy) is 1. The predicted molar refractivity (Wildman–Crippen MR) is 50.5 cm³/mol. The van der Waals surface area contributed by atoms with Gasteiger partial charge in [0.15, 0.2) is 11.6 Å². The summed E-state index contributed by atoms with van der Waals surface area (Å²) in [6.45, 7) is 0.304. The molecule has 2 rings (SSSR count). The molecule has 2 aromatic rings. The molecule has 0 radical (unpaired) electrons. The quantitative estimate of drug-likeness (QED) is 0.756. The van der Waals surface area contributed by atoms with E-state index in [1.54, 1.807) is 6.07 Å². The fourth-order valence-electron chi connectivity index (χ4n) is 1.32. The summed E-state index contributed by atoms with van der Waals surface area (Å²) in [5.74, 6) is 0.410. The van der Waals surface area contributed by atoms with Crippen LogP contribution in [-0.2, 0) is 6.54 Å². The molecule has 0 unspecified atom stereocenters. The van der Waals surface area contributed by atoms with E-state index in [4.69, 9.17) is 10.5 Å². The van der Waals surface area contributed by atoms with E-state index in [1.807, 2.05) is 0 Å². The average Bonchev–Trinajstić information content (AvgIpc) is 2.58. The minimum Gasteiger partial charge on any atom is -0.494 e. The van der Waals surface area contributed by atoms with Crippen LogP contribution < -0.4 is 10.5 Å². The van der Waals surface area contributed by atoms with Gasteiger partial charge in [0.05, 0.1) is 24.7 Å². The van der Waals surface area contributed by atoms with Crippen molar-refractivity contribution in [3.63, 3.8) is 0 Å². The number of nitrogens with one attached hydrogen (secondary N) is 1. The van der Waals surface area contributed by atoms with Gasteiger partial charge in [0, 0.05) is 12.1 Å². The maximum absolute atomic E-state index is 13.2. The summed E-state index contributed by atoms with van der Waals surface area (Å²) in [5.41, 5.74) is 6.69. The monoisotopic (exact) mass is 195 g/mol. The van der Waals surface area contributed by atoms with E-state index in [0.29, 0.717) is 23.4 Å². The molecular formula is C9H10FN3O.